The summed E-state index contributed by atoms with van der Waals surface area (Å²) in [5, 5.41) is 25.0. The van der Waals surface area contributed by atoms with Crippen LogP contribution in [0.4, 0.5) is 11.4 Å². The molecular weight excluding hydrogens is 348 g/mol. The summed E-state index contributed by atoms with van der Waals surface area (Å²) < 4.78 is 1.59. The Bertz CT molecular complexity index is 1040. The van der Waals surface area contributed by atoms with Crippen LogP contribution in [0.25, 0.3) is 11.8 Å². The first kappa shape index (κ1) is 17.9. The molecule has 27 heavy (non-hydrogen) atoms. The lowest BCUT2D eigenvalue weighted by Crippen LogP contribution is -2.09. The van der Waals surface area contributed by atoms with Crippen LogP contribution < -0.4 is 5.32 Å². The molecule has 9 nitrogen and oxygen atoms in total. The fourth-order valence-electron chi connectivity index (χ4n) is 2.47. The van der Waals surface area contributed by atoms with Gasteiger partial charge in [0.15, 0.2) is 5.82 Å². The maximum atomic E-state index is 12.2. The highest BCUT2D eigenvalue weighted by molar-refractivity contribution is 6.02. The minimum atomic E-state index is -0.480. The summed E-state index contributed by atoms with van der Waals surface area (Å²) in [7, 11) is 0. The van der Waals surface area contributed by atoms with Crippen LogP contribution in [0.15, 0.2) is 48.5 Å². The molecule has 1 heterocycles. The van der Waals surface area contributed by atoms with E-state index in [9.17, 15) is 14.9 Å². The second kappa shape index (κ2) is 7.56. The van der Waals surface area contributed by atoms with E-state index >= 15 is 0 Å². The Kier molecular flexibility index (Phi) is 5.02. The van der Waals surface area contributed by atoms with Gasteiger partial charge in [-0.1, -0.05) is 18.2 Å². The van der Waals surface area contributed by atoms with E-state index in [2.05, 4.69) is 20.8 Å². The molecular formula is C18H16N6O3. The highest BCUT2D eigenvalue weighted by Crippen LogP contribution is 2.19. The van der Waals surface area contributed by atoms with Crippen LogP contribution in [0.5, 0.6) is 0 Å². The number of tetrazole rings is 1. The molecule has 2 aromatic carbocycles. The third-order valence-electron chi connectivity index (χ3n) is 3.84. The van der Waals surface area contributed by atoms with E-state index in [0.29, 0.717) is 17.1 Å². The number of carbonyl (C=O) groups is 1. The van der Waals surface area contributed by atoms with Crippen LogP contribution in [-0.2, 0) is 4.79 Å². The maximum Gasteiger partial charge on any atom is 0.270 e. The minimum Gasteiger partial charge on any atom is -0.322 e. The first-order chi connectivity index (χ1) is 12.9. The van der Waals surface area contributed by atoms with Crippen molar-refractivity contribution < 1.29 is 9.72 Å². The fraction of sp³-hybridized carbons (Fsp3) is 0.111. The number of carbonyl (C=O) groups excluding carboxylic acids is 1. The van der Waals surface area contributed by atoms with Crippen molar-refractivity contribution in [1.29, 1.82) is 0 Å². The van der Waals surface area contributed by atoms with Gasteiger partial charge in [0.05, 0.1) is 10.6 Å². The van der Waals surface area contributed by atoms with Crippen molar-refractivity contribution in [3.05, 3.63) is 75.6 Å². The lowest BCUT2D eigenvalue weighted by molar-refractivity contribution is -0.384. The Morgan fingerprint density at radius 1 is 1.22 bits per heavy atom. The maximum absolute atomic E-state index is 12.2. The second-order valence-corrected chi connectivity index (χ2v) is 5.81. The molecule has 0 aliphatic carbocycles. The van der Waals surface area contributed by atoms with Gasteiger partial charge in [-0.15, -0.1) is 5.10 Å². The summed E-state index contributed by atoms with van der Waals surface area (Å²) in [5.74, 6) is 0.275. The summed E-state index contributed by atoms with van der Waals surface area (Å²) >= 11 is 0. The van der Waals surface area contributed by atoms with Crippen LogP contribution in [0, 0.1) is 24.0 Å². The predicted octanol–water partition coefficient (Wildman–Crippen LogP) is 2.84. The van der Waals surface area contributed by atoms with Gasteiger partial charge in [-0.25, -0.2) is 0 Å². The number of amides is 1. The molecule has 0 bridgehead atoms. The number of aryl methyl sites for hydroxylation is 2. The van der Waals surface area contributed by atoms with E-state index in [1.807, 2.05) is 13.0 Å². The number of rotatable bonds is 5. The van der Waals surface area contributed by atoms with E-state index < -0.39 is 4.92 Å². The van der Waals surface area contributed by atoms with Crippen molar-refractivity contribution in [2.75, 3.05) is 5.32 Å². The number of nitrogens with zero attached hydrogens (tertiary/aromatic N) is 5. The molecule has 0 fully saturated rings. The third kappa shape index (κ3) is 4.21. The summed E-state index contributed by atoms with van der Waals surface area (Å²) in [5.41, 5.74) is 2.83. The first-order valence-electron chi connectivity index (χ1n) is 8.03. The van der Waals surface area contributed by atoms with Gasteiger partial charge in [-0.2, -0.15) is 4.68 Å². The van der Waals surface area contributed by atoms with Gasteiger partial charge in [0.25, 0.3) is 5.69 Å². The van der Waals surface area contributed by atoms with Gasteiger partial charge in [0.2, 0.25) is 5.91 Å². The smallest absolute Gasteiger partial charge is 0.270 e. The molecule has 0 radical (unpaired) electrons. The molecule has 1 aromatic heterocycles. The van der Waals surface area contributed by atoms with Crippen LogP contribution in [0.1, 0.15) is 17.0 Å². The van der Waals surface area contributed by atoms with Crippen LogP contribution >= 0.6 is 0 Å². The van der Waals surface area contributed by atoms with E-state index in [4.69, 9.17) is 0 Å². The van der Waals surface area contributed by atoms with Crippen molar-refractivity contribution in [2.45, 2.75) is 13.8 Å². The van der Waals surface area contributed by atoms with Crippen molar-refractivity contribution in [1.82, 2.24) is 20.2 Å². The number of nitrogens with one attached hydrogen (secondary N) is 1. The van der Waals surface area contributed by atoms with E-state index in [1.165, 1.54) is 24.3 Å². The first-order valence-corrected chi connectivity index (χ1v) is 8.03. The molecule has 0 atom stereocenters. The highest BCUT2D eigenvalue weighted by atomic mass is 16.6. The van der Waals surface area contributed by atoms with Crippen molar-refractivity contribution in [3.8, 4) is 5.69 Å². The SMILES string of the molecule is Cc1ccc(NC(=O)/C=C/c2cccc([N+](=O)[O-])c2)cc1-n1nnnc1C. The third-order valence-corrected chi connectivity index (χ3v) is 3.84. The minimum absolute atomic E-state index is 0.0301. The highest BCUT2D eigenvalue weighted by Gasteiger charge is 2.09. The van der Waals surface area contributed by atoms with Gasteiger partial charge >= 0.3 is 0 Å². The standard InChI is InChI=1S/C18H16N6O3/c1-12-6-8-15(11-17(12)23-13(2)20-21-22-23)19-18(25)9-7-14-4-3-5-16(10-14)24(26)27/h3-11H,1-2H3,(H,19,25)/b9-7+. The molecule has 3 aromatic rings. The van der Waals surface area contributed by atoms with Crippen LogP contribution in [0.2, 0.25) is 0 Å². The zero-order chi connectivity index (χ0) is 19.4. The summed E-state index contributed by atoms with van der Waals surface area (Å²) in [4.78, 5) is 22.5. The van der Waals surface area contributed by atoms with Crippen LogP contribution in [-0.4, -0.2) is 31.0 Å². The number of anilines is 1. The topological polar surface area (TPSA) is 116 Å². The Morgan fingerprint density at radius 2 is 2.04 bits per heavy atom. The molecule has 136 valence electrons. The average molecular weight is 364 g/mol. The summed E-state index contributed by atoms with van der Waals surface area (Å²) in [6, 6.07) is 11.4. The zero-order valence-corrected chi connectivity index (χ0v) is 14.7. The predicted molar refractivity (Wildman–Crippen MR) is 99.4 cm³/mol. The molecule has 9 heteroatoms. The van der Waals surface area contributed by atoms with Crippen LogP contribution in [0.3, 0.4) is 0 Å². The van der Waals surface area contributed by atoms with E-state index in [-0.39, 0.29) is 11.6 Å². The monoisotopic (exact) mass is 364 g/mol. The van der Waals surface area contributed by atoms with E-state index in [0.717, 1.165) is 11.3 Å². The van der Waals surface area contributed by atoms with Crippen molar-refractivity contribution in [3.63, 3.8) is 0 Å². The number of non-ortho nitro benzene ring substituents is 1. The van der Waals surface area contributed by atoms with Crippen molar-refractivity contribution >= 4 is 23.4 Å². The number of nitro groups is 1. The Hall–Kier alpha value is -3.88. The van der Waals surface area contributed by atoms with Gasteiger partial charge in [0, 0.05) is 23.9 Å². The molecule has 0 spiro atoms. The van der Waals surface area contributed by atoms with Gasteiger partial charge in [-0.3, -0.25) is 14.9 Å². The lowest BCUT2D eigenvalue weighted by atomic mass is 10.1. The molecule has 1 N–H and O–H groups in total. The largest absolute Gasteiger partial charge is 0.322 e. The molecule has 0 saturated heterocycles. The van der Waals surface area contributed by atoms with Gasteiger partial charge in [-0.05, 0) is 53.6 Å². The zero-order valence-electron chi connectivity index (χ0n) is 14.7. The number of benzene rings is 2. The van der Waals surface area contributed by atoms with Crippen molar-refractivity contribution in [2.24, 2.45) is 0 Å². The molecule has 3 rings (SSSR count). The normalized spacial score (nSPS) is 10.9. The molecule has 0 unspecified atom stereocenters. The number of nitro benzene ring substituents is 1. The number of hydrogen-bond acceptors (Lipinski definition) is 6. The number of hydrogen-bond donors (Lipinski definition) is 1. The average Bonchev–Trinajstić information content (AvgIpc) is 3.07. The van der Waals surface area contributed by atoms with Gasteiger partial charge in [0.1, 0.15) is 0 Å². The molecule has 0 aliphatic heterocycles. The van der Waals surface area contributed by atoms with Gasteiger partial charge < -0.3 is 5.32 Å². The summed E-state index contributed by atoms with van der Waals surface area (Å²) in [6.07, 6.45) is 2.84. The molecule has 1 amide bonds. The quantitative estimate of drug-likeness (QED) is 0.423. The fourth-order valence-corrected chi connectivity index (χ4v) is 2.47. The second-order valence-electron chi connectivity index (χ2n) is 5.81. The molecule has 0 saturated carbocycles. The van der Waals surface area contributed by atoms with E-state index in [1.54, 1.807) is 35.9 Å². The molecule has 0 aliphatic rings. The Morgan fingerprint density at radius 3 is 2.74 bits per heavy atom. The lowest BCUT2D eigenvalue weighted by Gasteiger charge is -2.09. The Balaban J connectivity index is 1.76. The summed E-state index contributed by atoms with van der Waals surface area (Å²) in [6.45, 7) is 3.71. The Labute approximate surface area is 154 Å². The number of aromatic nitrogens is 4.